The highest BCUT2D eigenvalue weighted by Gasteiger charge is 2.18. The maximum absolute atomic E-state index is 11.3. The van der Waals surface area contributed by atoms with E-state index in [1.54, 1.807) is 0 Å². The van der Waals surface area contributed by atoms with Crippen molar-refractivity contribution in [1.29, 1.82) is 4.78 Å². The first kappa shape index (κ1) is 9.00. The second kappa shape index (κ2) is 3.54. The summed E-state index contributed by atoms with van der Waals surface area (Å²) in [6, 6.07) is 0. The predicted octanol–water partition coefficient (Wildman–Crippen LogP) is 0.663. The van der Waals surface area contributed by atoms with Gasteiger partial charge in [0.25, 0.3) is 0 Å². The van der Waals surface area contributed by atoms with Crippen LogP contribution < -0.4 is 5.32 Å². The van der Waals surface area contributed by atoms with Crippen LogP contribution in [0.1, 0.15) is 13.3 Å². The van der Waals surface area contributed by atoms with E-state index in [9.17, 15) is 4.21 Å². The number of rotatable bonds is 3. The van der Waals surface area contributed by atoms with Crippen LogP contribution >= 0.6 is 0 Å². The third kappa shape index (κ3) is 2.79. The first-order chi connectivity index (χ1) is 5.14. The summed E-state index contributed by atoms with van der Waals surface area (Å²) in [4.78, 5) is 0. The molecular formula is C7H16N2OS. The van der Waals surface area contributed by atoms with Crippen LogP contribution in [0.4, 0.5) is 0 Å². The van der Waals surface area contributed by atoms with Gasteiger partial charge in [0.05, 0.1) is 0 Å². The zero-order valence-corrected chi connectivity index (χ0v) is 7.75. The Hall–Kier alpha value is -0.0900. The first-order valence-electron chi connectivity index (χ1n) is 4.09. The third-order valence-corrected chi connectivity index (χ3v) is 4.08. The van der Waals surface area contributed by atoms with Gasteiger partial charge in [0, 0.05) is 21.2 Å². The molecular weight excluding hydrogens is 160 g/mol. The monoisotopic (exact) mass is 176 g/mol. The fraction of sp³-hybridized carbons (Fsp3) is 1.00. The molecule has 2 N–H and O–H groups in total. The molecule has 0 spiro atoms. The first-order valence-corrected chi connectivity index (χ1v) is 5.98. The van der Waals surface area contributed by atoms with E-state index in [1.165, 1.54) is 0 Å². The molecule has 66 valence electrons. The van der Waals surface area contributed by atoms with Crippen molar-refractivity contribution in [3.05, 3.63) is 0 Å². The van der Waals surface area contributed by atoms with Crippen LogP contribution in [0.15, 0.2) is 0 Å². The summed E-state index contributed by atoms with van der Waals surface area (Å²) in [5.41, 5.74) is 0. The highest BCUT2D eigenvalue weighted by atomic mass is 32.2. The van der Waals surface area contributed by atoms with Gasteiger partial charge in [0.2, 0.25) is 0 Å². The topological polar surface area (TPSA) is 53.0 Å². The molecule has 0 radical (unpaired) electrons. The van der Waals surface area contributed by atoms with Crippen molar-refractivity contribution in [2.75, 3.05) is 24.6 Å². The molecule has 2 atom stereocenters. The minimum absolute atomic E-state index is 0.486. The summed E-state index contributed by atoms with van der Waals surface area (Å²) in [5, 5.41) is 3.21. The van der Waals surface area contributed by atoms with Gasteiger partial charge in [-0.25, -0.2) is 4.21 Å². The molecule has 1 aliphatic rings. The molecule has 1 fully saturated rings. The molecule has 0 aromatic heterocycles. The van der Waals surface area contributed by atoms with Crippen molar-refractivity contribution in [3.63, 3.8) is 0 Å². The smallest absolute Gasteiger partial charge is 0.0442 e. The van der Waals surface area contributed by atoms with Gasteiger partial charge >= 0.3 is 0 Å². The summed E-state index contributed by atoms with van der Waals surface area (Å²) in [5.74, 6) is 1.58. The number of hydrogen-bond acceptors (Lipinski definition) is 3. The Kier molecular flexibility index (Phi) is 2.90. The SMILES string of the molecule is CCS(=N)(=O)CC1CCNC1. The summed E-state index contributed by atoms with van der Waals surface area (Å²) < 4.78 is 18.8. The van der Waals surface area contributed by atoms with E-state index in [2.05, 4.69) is 5.32 Å². The van der Waals surface area contributed by atoms with Gasteiger partial charge in [-0.3, -0.25) is 4.78 Å². The lowest BCUT2D eigenvalue weighted by Crippen LogP contribution is -2.18. The second-order valence-electron chi connectivity index (χ2n) is 3.13. The van der Waals surface area contributed by atoms with Crippen LogP contribution in [0.2, 0.25) is 0 Å². The standard InChI is InChI=1S/C7H16N2OS/c1-2-11(8,10)6-7-3-4-9-5-7/h7-9H,2-6H2,1H3. The average molecular weight is 176 g/mol. The van der Waals surface area contributed by atoms with Gasteiger partial charge in [-0.05, 0) is 25.4 Å². The maximum atomic E-state index is 11.3. The Labute approximate surface area is 68.5 Å². The molecule has 4 heteroatoms. The lowest BCUT2D eigenvalue weighted by molar-refractivity contribution is 0.627. The van der Waals surface area contributed by atoms with E-state index in [4.69, 9.17) is 4.78 Å². The normalized spacial score (nSPS) is 30.1. The fourth-order valence-corrected chi connectivity index (χ4v) is 2.64. The van der Waals surface area contributed by atoms with Gasteiger partial charge in [-0.1, -0.05) is 6.92 Å². The maximum Gasteiger partial charge on any atom is 0.0442 e. The highest BCUT2D eigenvalue weighted by molar-refractivity contribution is 7.92. The molecule has 0 aromatic rings. The van der Waals surface area contributed by atoms with Crippen LogP contribution in [-0.2, 0) is 9.73 Å². The Balaban J connectivity index is 2.41. The van der Waals surface area contributed by atoms with E-state index < -0.39 is 9.73 Å². The Morgan fingerprint density at radius 2 is 2.45 bits per heavy atom. The van der Waals surface area contributed by atoms with E-state index in [-0.39, 0.29) is 0 Å². The van der Waals surface area contributed by atoms with Gasteiger partial charge < -0.3 is 5.32 Å². The zero-order chi connectivity index (χ0) is 8.32. The molecule has 0 bridgehead atoms. The van der Waals surface area contributed by atoms with Crippen molar-refractivity contribution in [1.82, 2.24) is 5.32 Å². The predicted molar refractivity (Wildman–Crippen MR) is 47.2 cm³/mol. The van der Waals surface area contributed by atoms with Gasteiger partial charge in [-0.2, -0.15) is 0 Å². The molecule has 11 heavy (non-hydrogen) atoms. The summed E-state index contributed by atoms with van der Waals surface area (Å²) in [6.45, 7) is 3.82. The molecule has 1 saturated heterocycles. The summed E-state index contributed by atoms with van der Waals surface area (Å²) in [6.07, 6.45) is 1.09. The quantitative estimate of drug-likeness (QED) is 0.664. The van der Waals surface area contributed by atoms with E-state index in [0.717, 1.165) is 19.5 Å². The lowest BCUT2D eigenvalue weighted by Gasteiger charge is -2.09. The molecule has 1 rings (SSSR count). The minimum atomic E-state index is -2.24. The van der Waals surface area contributed by atoms with Crippen molar-refractivity contribution < 1.29 is 4.21 Å². The molecule has 0 amide bonds. The molecule has 3 nitrogen and oxygen atoms in total. The fourth-order valence-electron chi connectivity index (χ4n) is 1.36. The lowest BCUT2D eigenvalue weighted by atomic mass is 10.2. The molecule has 0 aliphatic carbocycles. The second-order valence-corrected chi connectivity index (χ2v) is 5.66. The van der Waals surface area contributed by atoms with Crippen molar-refractivity contribution in [2.24, 2.45) is 5.92 Å². The summed E-state index contributed by atoms with van der Waals surface area (Å²) in [7, 11) is -2.24. The number of nitrogens with one attached hydrogen (secondary N) is 2. The minimum Gasteiger partial charge on any atom is -0.316 e. The van der Waals surface area contributed by atoms with Crippen molar-refractivity contribution >= 4 is 9.73 Å². The molecule has 1 aliphatic heterocycles. The Morgan fingerprint density at radius 1 is 1.73 bits per heavy atom. The molecule has 2 unspecified atom stereocenters. The third-order valence-electron chi connectivity index (χ3n) is 2.13. The van der Waals surface area contributed by atoms with Crippen LogP contribution in [0.5, 0.6) is 0 Å². The van der Waals surface area contributed by atoms with Gasteiger partial charge in [0.1, 0.15) is 0 Å². The Morgan fingerprint density at radius 3 is 2.91 bits per heavy atom. The van der Waals surface area contributed by atoms with Crippen molar-refractivity contribution in [3.8, 4) is 0 Å². The highest BCUT2D eigenvalue weighted by Crippen LogP contribution is 2.10. The van der Waals surface area contributed by atoms with E-state index in [1.807, 2.05) is 6.92 Å². The molecule has 1 heterocycles. The van der Waals surface area contributed by atoms with E-state index in [0.29, 0.717) is 17.4 Å². The van der Waals surface area contributed by atoms with Crippen LogP contribution in [0.3, 0.4) is 0 Å². The summed E-state index contributed by atoms with van der Waals surface area (Å²) >= 11 is 0. The van der Waals surface area contributed by atoms with Crippen LogP contribution in [-0.4, -0.2) is 28.8 Å². The largest absolute Gasteiger partial charge is 0.316 e. The Bertz CT molecular complexity index is 204. The van der Waals surface area contributed by atoms with Gasteiger partial charge in [0.15, 0.2) is 0 Å². The van der Waals surface area contributed by atoms with Crippen LogP contribution in [0.25, 0.3) is 0 Å². The van der Waals surface area contributed by atoms with Crippen LogP contribution in [0, 0.1) is 10.7 Å². The average Bonchev–Trinajstić information content (AvgIpc) is 2.39. The zero-order valence-electron chi connectivity index (χ0n) is 6.93. The number of hydrogen-bond donors (Lipinski definition) is 2. The molecule has 0 saturated carbocycles. The van der Waals surface area contributed by atoms with Gasteiger partial charge in [-0.15, -0.1) is 0 Å². The molecule has 0 aromatic carbocycles. The van der Waals surface area contributed by atoms with Crippen molar-refractivity contribution in [2.45, 2.75) is 13.3 Å². The van der Waals surface area contributed by atoms with E-state index >= 15 is 0 Å².